The minimum absolute atomic E-state index is 0.0517. The Morgan fingerprint density at radius 1 is 1.58 bits per heavy atom. The fourth-order valence-corrected chi connectivity index (χ4v) is 2.74. The molecule has 0 fully saturated rings. The first-order valence-electron chi connectivity index (χ1n) is 4.92. The molecule has 0 aliphatic rings. The maximum atomic E-state index is 13.3. The van der Waals surface area contributed by atoms with Crippen molar-refractivity contribution in [1.82, 2.24) is 4.72 Å². The van der Waals surface area contributed by atoms with E-state index in [-0.39, 0.29) is 22.0 Å². The Hall–Kier alpha value is -1.51. The smallest absolute Gasteiger partial charge is 0.258 e. The number of benzene rings is 1. The molecule has 19 heavy (non-hydrogen) atoms. The van der Waals surface area contributed by atoms with Crippen LogP contribution < -0.4 is 4.72 Å². The maximum absolute atomic E-state index is 13.3. The van der Waals surface area contributed by atoms with Gasteiger partial charge in [0.1, 0.15) is 0 Å². The maximum Gasteiger partial charge on any atom is 0.306 e. The van der Waals surface area contributed by atoms with Crippen LogP contribution in [0, 0.1) is 22.9 Å². The third kappa shape index (κ3) is 3.72. The van der Waals surface area contributed by atoms with E-state index in [9.17, 15) is 22.9 Å². The average molecular weight is 309 g/mol. The van der Waals surface area contributed by atoms with Crippen molar-refractivity contribution >= 4 is 27.3 Å². The van der Waals surface area contributed by atoms with Crippen LogP contribution in [0.1, 0.15) is 5.56 Å². The summed E-state index contributed by atoms with van der Waals surface area (Å²) in [6.07, 6.45) is 0. The molecule has 1 aromatic rings. The van der Waals surface area contributed by atoms with Crippen LogP contribution >= 0.6 is 11.6 Å². The van der Waals surface area contributed by atoms with Gasteiger partial charge in [-0.3, -0.25) is 10.1 Å². The van der Waals surface area contributed by atoms with Crippen molar-refractivity contribution in [3.8, 4) is 0 Å². The van der Waals surface area contributed by atoms with Crippen molar-refractivity contribution in [3.05, 3.63) is 45.2 Å². The van der Waals surface area contributed by atoms with E-state index in [0.29, 0.717) is 6.07 Å². The van der Waals surface area contributed by atoms with Gasteiger partial charge >= 0.3 is 5.69 Å². The predicted molar refractivity (Wildman–Crippen MR) is 68.0 cm³/mol. The summed E-state index contributed by atoms with van der Waals surface area (Å²) in [5, 5.41) is 10.6. The van der Waals surface area contributed by atoms with Crippen molar-refractivity contribution in [3.63, 3.8) is 0 Å². The van der Waals surface area contributed by atoms with Crippen LogP contribution in [-0.4, -0.2) is 19.9 Å². The third-order valence-electron chi connectivity index (χ3n) is 2.18. The Labute approximate surface area is 114 Å². The highest BCUT2D eigenvalue weighted by Crippen LogP contribution is 2.25. The van der Waals surface area contributed by atoms with Crippen LogP contribution in [0.4, 0.5) is 10.1 Å². The second-order valence-corrected chi connectivity index (χ2v) is 5.94. The molecule has 0 bridgehead atoms. The van der Waals surface area contributed by atoms with Gasteiger partial charge in [-0.2, -0.15) is 4.39 Å². The van der Waals surface area contributed by atoms with Gasteiger partial charge in [0, 0.05) is 17.6 Å². The predicted octanol–water partition coefficient (Wildman–Crippen LogP) is 2.07. The fraction of sp³-hybridized carbons (Fsp3) is 0.200. The van der Waals surface area contributed by atoms with Crippen molar-refractivity contribution in [2.45, 2.75) is 11.8 Å². The Bertz CT molecular complexity index is 645. The second kappa shape index (κ2) is 5.64. The summed E-state index contributed by atoms with van der Waals surface area (Å²) in [6, 6.07) is 1.46. The minimum Gasteiger partial charge on any atom is -0.258 e. The molecule has 0 atom stereocenters. The van der Waals surface area contributed by atoms with Gasteiger partial charge < -0.3 is 0 Å². The largest absolute Gasteiger partial charge is 0.306 e. The highest BCUT2D eigenvalue weighted by molar-refractivity contribution is 7.89. The molecule has 0 aromatic heterocycles. The van der Waals surface area contributed by atoms with E-state index in [4.69, 9.17) is 11.6 Å². The molecule has 0 spiro atoms. The highest BCUT2D eigenvalue weighted by Gasteiger charge is 2.24. The monoisotopic (exact) mass is 308 g/mol. The van der Waals surface area contributed by atoms with Gasteiger partial charge in [-0.15, -0.1) is 0 Å². The van der Waals surface area contributed by atoms with Gasteiger partial charge in [-0.05, 0) is 18.6 Å². The van der Waals surface area contributed by atoms with Crippen molar-refractivity contribution in [1.29, 1.82) is 0 Å². The first-order chi connectivity index (χ1) is 8.65. The van der Waals surface area contributed by atoms with E-state index in [1.54, 1.807) is 0 Å². The van der Waals surface area contributed by atoms with Crippen LogP contribution in [0.15, 0.2) is 28.6 Å². The molecule has 0 saturated heterocycles. The van der Waals surface area contributed by atoms with Gasteiger partial charge in [-0.1, -0.05) is 18.2 Å². The third-order valence-corrected chi connectivity index (χ3v) is 3.86. The number of hydrogen-bond acceptors (Lipinski definition) is 4. The number of nitro groups is 1. The van der Waals surface area contributed by atoms with Crippen molar-refractivity contribution in [2.75, 3.05) is 6.54 Å². The average Bonchev–Trinajstić information content (AvgIpc) is 2.25. The van der Waals surface area contributed by atoms with Gasteiger partial charge in [0.2, 0.25) is 15.8 Å². The number of nitrogens with one attached hydrogen (secondary N) is 1. The van der Waals surface area contributed by atoms with E-state index >= 15 is 0 Å². The molecule has 1 aromatic carbocycles. The van der Waals surface area contributed by atoms with Gasteiger partial charge in [0.15, 0.2) is 0 Å². The number of nitro benzene ring substituents is 1. The van der Waals surface area contributed by atoms with E-state index in [0.717, 1.165) is 6.07 Å². The molecule has 9 heteroatoms. The molecule has 0 aliphatic carbocycles. The molecule has 0 amide bonds. The minimum atomic E-state index is -4.03. The highest BCUT2D eigenvalue weighted by atomic mass is 35.5. The van der Waals surface area contributed by atoms with Crippen LogP contribution in [0.2, 0.25) is 0 Å². The number of aryl methyl sites for hydroxylation is 1. The Kier molecular flexibility index (Phi) is 4.61. The molecule has 0 unspecified atom stereocenters. The van der Waals surface area contributed by atoms with Crippen LogP contribution in [-0.2, 0) is 10.0 Å². The summed E-state index contributed by atoms with van der Waals surface area (Å²) in [7, 11) is -4.03. The zero-order chi connectivity index (χ0) is 14.8. The summed E-state index contributed by atoms with van der Waals surface area (Å²) < 4.78 is 39.2. The molecule has 0 heterocycles. The Balaban J connectivity index is 3.30. The van der Waals surface area contributed by atoms with E-state index in [1.807, 2.05) is 0 Å². The Morgan fingerprint density at radius 3 is 2.63 bits per heavy atom. The van der Waals surface area contributed by atoms with Crippen molar-refractivity contribution < 1.29 is 17.7 Å². The molecular weight excluding hydrogens is 299 g/mol. The summed E-state index contributed by atoms with van der Waals surface area (Å²) in [6.45, 7) is 4.41. The lowest BCUT2D eigenvalue weighted by Crippen LogP contribution is -2.25. The molecule has 0 aliphatic heterocycles. The standard InChI is InChI=1S/C10H10ClFN2O4S/c1-6-3-8(12)9(14(15)16)4-10(6)19(17,18)13-5-7(2)11/h3-4,13H,2,5H2,1H3. The molecule has 1 N–H and O–H groups in total. The molecule has 0 radical (unpaired) electrons. The van der Waals surface area contributed by atoms with Gasteiger partial charge in [0.05, 0.1) is 9.82 Å². The normalized spacial score (nSPS) is 11.3. The zero-order valence-electron chi connectivity index (χ0n) is 9.81. The number of nitrogens with zero attached hydrogens (tertiary/aromatic N) is 1. The molecular formula is C10H10ClFN2O4S. The van der Waals surface area contributed by atoms with Crippen LogP contribution in [0.25, 0.3) is 0 Å². The number of hydrogen-bond donors (Lipinski definition) is 1. The van der Waals surface area contributed by atoms with Gasteiger partial charge in [0.25, 0.3) is 0 Å². The molecule has 104 valence electrons. The molecule has 1 rings (SSSR count). The number of halogens is 2. The topological polar surface area (TPSA) is 89.3 Å². The lowest BCUT2D eigenvalue weighted by molar-refractivity contribution is -0.387. The van der Waals surface area contributed by atoms with Crippen molar-refractivity contribution in [2.24, 2.45) is 0 Å². The van der Waals surface area contributed by atoms with E-state index in [1.165, 1.54) is 6.92 Å². The SMILES string of the molecule is C=C(Cl)CNS(=O)(=O)c1cc([N+](=O)[O-])c(F)cc1C. The van der Waals surface area contributed by atoms with Gasteiger partial charge in [-0.25, -0.2) is 13.1 Å². The quantitative estimate of drug-likeness (QED) is 0.666. The first-order valence-corrected chi connectivity index (χ1v) is 6.78. The lowest BCUT2D eigenvalue weighted by Gasteiger charge is -2.09. The second-order valence-electron chi connectivity index (χ2n) is 3.67. The molecule has 6 nitrogen and oxygen atoms in total. The number of rotatable bonds is 5. The summed E-state index contributed by atoms with van der Waals surface area (Å²) in [5.74, 6) is -1.09. The summed E-state index contributed by atoms with van der Waals surface area (Å²) in [4.78, 5) is 9.23. The van der Waals surface area contributed by atoms with E-state index < -0.39 is 26.5 Å². The van der Waals surface area contributed by atoms with E-state index in [2.05, 4.69) is 11.3 Å². The number of sulfonamides is 1. The fourth-order valence-electron chi connectivity index (χ4n) is 1.32. The first kappa shape index (κ1) is 15.5. The Morgan fingerprint density at radius 2 is 2.16 bits per heavy atom. The van der Waals surface area contributed by atoms with Crippen LogP contribution in [0.5, 0.6) is 0 Å². The zero-order valence-corrected chi connectivity index (χ0v) is 11.4. The summed E-state index contributed by atoms with van der Waals surface area (Å²) >= 11 is 5.43. The molecule has 0 saturated carbocycles. The van der Waals surface area contributed by atoms with Crippen LogP contribution in [0.3, 0.4) is 0 Å². The summed E-state index contributed by atoms with van der Waals surface area (Å²) in [5.41, 5.74) is -0.855. The lowest BCUT2D eigenvalue weighted by atomic mass is 10.2.